The van der Waals surface area contributed by atoms with E-state index in [2.05, 4.69) is 19.9 Å². The lowest BCUT2D eigenvalue weighted by atomic mass is 9.90. The Labute approximate surface area is 237 Å². The van der Waals surface area contributed by atoms with Gasteiger partial charge in [0.05, 0.1) is 47.7 Å². The third-order valence-electron chi connectivity index (χ3n) is 8.33. The van der Waals surface area contributed by atoms with E-state index in [0.29, 0.717) is 41.9 Å². The molecule has 1 aromatic carbocycles. The van der Waals surface area contributed by atoms with E-state index in [0.717, 1.165) is 72.1 Å². The second-order valence-corrected chi connectivity index (χ2v) is 12.6. The van der Waals surface area contributed by atoms with Crippen molar-refractivity contribution in [3.63, 3.8) is 0 Å². The first kappa shape index (κ1) is 26.4. The number of aromatic nitrogens is 3. The topological polar surface area (TPSA) is 71.5 Å². The number of carbonyl (C=O) groups is 1. The number of aryl methyl sites for hydroxylation is 1. The Bertz CT molecular complexity index is 1330. The molecule has 2 aromatic heterocycles. The molecule has 3 aromatic rings. The predicted octanol–water partition coefficient (Wildman–Crippen LogP) is 5.48. The maximum absolute atomic E-state index is 14.8. The van der Waals surface area contributed by atoms with Crippen molar-refractivity contribution in [2.75, 3.05) is 31.1 Å². The zero-order valence-corrected chi connectivity index (χ0v) is 23.7. The minimum absolute atomic E-state index is 0.0504. The summed E-state index contributed by atoms with van der Waals surface area (Å²) in [6, 6.07) is 4.89. The van der Waals surface area contributed by atoms with Crippen molar-refractivity contribution in [2.24, 2.45) is 17.8 Å². The lowest BCUT2D eigenvalue weighted by molar-refractivity contribution is -0.131. The molecule has 2 fully saturated rings. The molecule has 206 valence electrons. The summed E-state index contributed by atoms with van der Waals surface area (Å²) < 4.78 is 20.7. The molecule has 39 heavy (non-hydrogen) atoms. The quantitative estimate of drug-likeness (QED) is 0.358. The largest absolute Gasteiger partial charge is 0.493 e. The molecule has 0 bridgehead atoms. The number of fused-ring (bicyclic) bond motifs is 1. The molecule has 2 atom stereocenters. The van der Waals surface area contributed by atoms with Crippen molar-refractivity contribution < 1.29 is 13.9 Å². The number of thiazole rings is 1. The van der Waals surface area contributed by atoms with E-state index >= 15 is 0 Å². The number of nitrogens with zero attached hydrogens (tertiary/aromatic N) is 5. The third kappa shape index (κ3) is 6.19. The number of anilines is 1. The van der Waals surface area contributed by atoms with Gasteiger partial charge in [0, 0.05) is 37.0 Å². The molecule has 1 aliphatic carbocycles. The molecule has 3 aliphatic rings. The van der Waals surface area contributed by atoms with Crippen molar-refractivity contribution in [2.45, 2.75) is 52.0 Å². The van der Waals surface area contributed by atoms with Crippen LogP contribution in [0.5, 0.6) is 5.75 Å². The highest BCUT2D eigenvalue weighted by Crippen LogP contribution is 2.49. The van der Waals surface area contributed by atoms with E-state index in [4.69, 9.17) is 16.3 Å². The first-order valence-electron chi connectivity index (χ1n) is 13.8. The molecule has 2 aliphatic heterocycles. The van der Waals surface area contributed by atoms with Gasteiger partial charge in [-0.05, 0) is 62.0 Å². The van der Waals surface area contributed by atoms with Crippen LogP contribution in [0.2, 0.25) is 5.02 Å². The third-order valence-corrected chi connectivity index (χ3v) is 9.52. The number of halogens is 2. The summed E-state index contributed by atoms with van der Waals surface area (Å²) in [5.74, 6) is 3.03. The van der Waals surface area contributed by atoms with Crippen LogP contribution in [0.1, 0.15) is 46.8 Å². The molecule has 6 rings (SSSR count). The summed E-state index contributed by atoms with van der Waals surface area (Å²) in [6.07, 6.45) is 8.68. The van der Waals surface area contributed by atoms with E-state index in [9.17, 15) is 9.18 Å². The molecular formula is C29H33ClFN5O2S. The second kappa shape index (κ2) is 11.4. The number of carbonyl (C=O) groups excluding carboxylic acids is 1. The number of ether oxygens (including phenoxy) is 1. The van der Waals surface area contributed by atoms with Crippen LogP contribution < -0.4 is 9.64 Å². The summed E-state index contributed by atoms with van der Waals surface area (Å²) >= 11 is 7.54. The Kier molecular flexibility index (Phi) is 7.71. The Morgan fingerprint density at radius 1 is 1.21 bits per heavy atom. The van der Waals surface area contributed by atoms with Crippen LogP contribution in [0.4, 0.5) is 10.3 Å². The standard InChI is InChI=1S/C29H33ClFN5O2S/c1-18-34-26-6-10-36(17-27(26)39-18)28(37)13-21-2-3-23(14-25(21)31)38-11-7-20-12-24(20)19-4-8-35(9-5-19)29-32-15-22(30)16-33-29/h2-3,14-16,19-20,24H,4-13,17H2,1H3/t20-,24?/m1/s1. The zero-order chi connectivity index (χ0) is 26.9. The van der Waals surface area contributed by atoms with E-state index in [1.54, 1.807) is 35.9 Å². The van der Waals surface area contributed by atoms with Crippen molar-refractivity contribution >= 4 is 34.8 Å². The molecule has 0 spiro atoms. The SMILES string of the molecule is Cc1nc2c(s1)CN(C(=O)Cc1ccc(OCC[C@@H]3CC3C3CCN(c4ncc(Cl)cn4)CC3)cc1F)CC2. The van der Waals surface area contributed by atoms with Gasteiger partial charge in [-0.15, -0.1) is 11.3 Å². The van der Waals surface area contributed by atoms with Gasteiger partial charge in [0.2, 0.25) is 11.9 Å². The van der Waals surface area contributed by atoms with E-state index < -0.39 is 0 Å². The zero-order valence-electron chi connectivity index (χ0n) is 22.1. The monoisotopic (exact) mass is 569 g/mol. The van der Waals surface area contributed by atoms with Gasteiger partial charge in [-0.2, -0.15) is 0 Å². The van der Waals surface area contributed by atoms with Gasteiger partial charge in [-0.1, -0.05) is 17.7 Å². The number of hydrogen-bond acceptors (Lipinski definition) is 7. The van der Waals surface area contributed by atoms with Crippen LogP contribution in [-0.4, -0.2) is 52.0 Å². The lowest BCUT2D eigenvalue weighted by Crippen LogP contribution is -2.36. The number of benzene rings is 1. The van der Waals surface area contributed by atoms with Crippen LogP contribution >= 0.6 is 22.9 Å². The Balaban J connectivity index is 0.924. The van der Waals surface area contributed by atoms with Crippen molar-refractivity contribution in [1.82, 2.24) is 19.9 Å². The molecule has 4 heterocycles. The van der Waals surface area contributed by atoms with E-state index in [1.165, 1.54) is 12.5 Å². The fraction of sp³-hybridized carbons (Fsp3) is 0.517. The normalized spacial score (nSPS) is 21.1. The first-order chi connectivity index (χ1) is 18.9. The summed E-state index contributed by atoms with van der Waals surface area (Å²) in [4.78, 5) is 31.3. The van der Waals surface area contributed by atoms with Crippen molar-refractivity contribution in [3.05, 3.63) is 62.6 Å². The van der Waals surface area contributed by atoms with E-state index in [1.807, 2.05) is 11.8 Å². The summed E-state index contributed by atoms with van der Waals surface area (Å²) in [6.45, 7) is 5.73. The maximum Gasteiger partial charge on any atom is 0.227 e. The van der Waals surface area contributed by atoms with Crippen molar-refractivity contribution in [1.29, 1.82) is 0 Å². The molecule has 0 N–H and O–H groups in total. The molecular weight excluding hydrogens is 537 g/mol. The van der Waals surface area contributed by atoms with Crippen LogP contribution in [0.25, 0.3) is 0 Å². The molecule has 10 heteroatoms. The number of piperidine rings is 1. The summed E-state index contributed by atoms with van der Waals surface area (Å²) in [5, 5.41) is 1.59. The van der Waals surface area contributed by atoms with Crippen LogP contribution in [0, 0.1) is 30.5 Å². The average Bonchev–Trinajstić information content (AvgIpc) is 3.61. The fourth-order valence-electron chi connectivity index (χ4n) is 6.08. The van der Waals surface area contributed by atoms with Gasteiger partial charge < -0.3 is 14.5 Å². The Hall–Kier alpha value is -2.78. The summed E-state index contributed by atoms with van der Waals surface area (Å²) in [7, 11) is 0. The predicted molar refractivity (Wildman–Crippen MR) is 150 cm³/mol. The Morgan fingerprint density at radius 3 is 2.77 bits per heavy atom. The number of amides is 1. The molecule has 1 amide bonds. The number of hydrogen-bond donors (Lipinski definition) is 0. The van der Waals surface area contributed by atoms with E-state index in [-0.39, 0.29) is 18.1 Å². The van der Waals surface area contributed by atoms with Gasteiger partial charge in [0.1, 0.15) is 11.6 Å². The van der Waals surface area contributed by atoms with Crippen molar-refractivity contribution in [3.8, 4) is 5.75 Å². The highest BCUT2D eigenvalue weighted by atomic mass is 35.5. The Morgan fingerprint density at radius 2 is 2.00 bits per heavy atom. The van der Waals surface area contributed by atoms with Crippen LogP contribution in [0.15, 0.2) is 30.6 Å². The number of rotatable bonds is 8. The van der Waals surface area contributed by atoms with Crippen LogP contribution in [0.3, 0.4) is 0 Å². The maximum atomic E-state index is 14.8. The van der Waals surface area contributed by atoms with Gasteiger partial charge >= 0.3 is 0 Å². The smallest absolute Gasteiger partial charge is 0.227 e. The first-order valence-corrected chi connectivity index (χ1v) is 15.0. The van der Waals surface area contributed by atoms with Crippen LogP contribution in [-0.2, 0) is 24.2 Å². The lowest BCUT2D eigenvalue weighted by Gasteiger charge is -2.32. The minimum atomic E-state index is -0.382. The van der Waals surface area contributed by atoms with Gasteiger partial charge in [-0.25, -0.2) is 19.3 Å². The highest BCUT2D eigenvalue weighted by Gasteiger charge is 2.43. The molecule has 1 unspecified atom stereocenters. The fourth-order valence-corrected chi connectivity index (χ4v) is 7.17. The summed E-state index contributed by atoms with van der Waals surface area (Å²) in [5.41, 5.74) is 1.51. The molecule has 1 saturated heterocycles. The molecule has 7 nitrogen and oxygen atoms in total. The average molecular weight is 570 g/mol. The second-order valence-electron chi connectivity index (χ2n) is 10.9. The van der Waals surface area contributed by atoms with Gasteiger partial charge in [0.25, 0.3) is 0 Å². The highest BCUT2D eigenvalue weighted by molar-refractivity contribution is 7.11. The molecule has 0 radical (unpaired) electrons. The van der Waals surface area contributed by atoms with Gasteiger partial charge in [0.15, 0.2) is 0 Å². The van der Waals surface area contributed by atoms with Gasteiger partial charge in [-0.3, -0.25) is 4.79 Å². The molecule has 1 saturated carbocycles. The minimum Gasteiger partial charge on any atom is -0.493 e.